The second-order valence-corrected chi connectivity index (χ2v) is 4.53. The zero-order valence-electron chi connectivity index (χ0n) is 9.84. The summed E-state index contributed by atoms with van der Waals surface area (Å²) in [5, 5.41) is 2.82. The smallest absolute Gasteiger partial charge is 0.247 e. The number of hydrogen-bond donors (Lipinski definition) is 1. The van der Waals surface area contributed by atoms with Gasteiger partial charge in [-0.1, -0.05) is 20.4 Å². The van der Waals surface area contributed by atoms with Crippen LogP contribution < -0.4 is 5.32 Å². The van der Waals surface area contributed by atoms with Crippen LogP contribution in [0.1, 0.15) is 20.3 Å². The largest absolute Gasteiger partial charge is 0.311 e. The Morgan fingerprint density at radius 3 is 2.57 bits per heavy atom. The Morgan fingerprint density at radius 1 is 1.57 bits per heavy atom. The maximum Gasteiger partial charge on any atom is 0.247 e. The average molecular weight is 199 g/mol. The lowest BCUT2D eigenvalue weighted by molar-refractivity contribution is -0.895. The molecule has 1 N–H and O–H groups in total. The first-order chi connectivity index (χ1) is 6.41. The van der Waals surface area contributed by atoms with Crippen molar-refractivity contribution in [2.45, 2.75) is 20.3 Å². The first-order valence-corrected chi connectivity index (χ1v) is 5.13. The van der Waals surface area contributed by atoms with Gasteiger partial charge in [0.15, 0.2) is 6.67 Å². The standard InChI is InChI=1S/C11H22N2O/c1-6-10(3)8-13(4,5)9-12-11(14)7-2/h7,10H,2,6,8-9H2,1,3-5H3/p+1. The predicted molar refractivity (Wildman–Crippen MR) is 59.6 cm³/mol. The van der Waals surface area contributed by atoms with Crippen molar-refractivity contribution in [3.8, 4) is 0 Å². The Morgan fingerprint density at radius 2 is 2.14 bits per heavy atom. The third kappa shape index (κ3) is 5.75. The van der Waals surface area contributed by atoms with Crippen molar-refractivity contribution in [3.05, 3.63) is 12.7 Å². The molecule has 0 saturated heterocycles. The van der Waals surface area contributed by atoms with E-state index in [1.54, 1.807) is 0 Å². The highest BCUT2D eigenvalue weighted by Crippen LogP contribution is 2.07. The van der Waals surface area contributed by atoms with Gasteiger partial charge in [-0.15, -0.1) is 0 Å². The Kier molecular flexibility index (Phi) is 5.46. The van der Waals surface area contributed by atoms with Crippen LogP contribution in [0.4, 0.5) is 0 Å². The van der Waals surface area contributed by atoms with E-state index in [2.05, 4.69) is 39.8 Å². The molecule has 3 heteroatoms. The summed E-state index contributed by atoms with van der Waals surface area (Å²) in [6.45, 7) is 9.58. The van der Waals surface area contributed by atoms with Crippen LogP contribution >= 0.6 is 0 Å². The summed E-state index contributed by atoms with van der Waals surface area (Å²) >= 11 is 0. The lowest BCUT2D eigenvalue weighted by Gasteiger charge is -2.31. The molecule has 0 radical (unpaired) electrons. The molecule has 14 heavy (non-hydrogen) atoms. The van der Waals surface area contributed by atoms with Gasteiger partial charge in [-0.3, -0.25) is 4.79 Å². The van der Waals surface area contributed by atoms with Gasteiger partial charge in [0, 0.05) is 5.92 Å². The minimum atomic E-state index is -0.0969. The second-order valence-electron chi connectivity index (χ2n) is 4.53. The molecule has 3 nitrogen and oxygen atoms in total. The van der Waals surface area contributed by atoms with E-state index in [0.717, 1.165) is 11.0 Å². The summed E-state index contributed by atoms with van der Waals surface area (Å²) in [5.41, 5.74) is 0. The number of nitrogens with one attached hydrogen (secondary N) is 1. The molecular weight excluding hydrogens is 176 g/mol. The van der Waals surface area contributed by atoms with Gasteiger partial charge in [0.25, 0.3) is 0 Å². The Labute approximate surface area is 87.4 Å². The van der Waals surface area contributed by atoms with Crippen molar-refractivity contribution < 1.29 is 9.28 Å². The van der Waals surface area contributed by atoms with Crippen molar-refractivity contribution in [1.29, 1.82) is 0 Å². The summed E-state index contributed by atoms with van der Waals surface area (Å²) < 4.78 is 0.814. The maximum atomic E-state index is 11.0. The van der Waals surface area contributed by atoms with E-state index < -0.39 is 0 Å². The summed E-state index contributed by atoms with van der Waals surface area (Å²) in [5.74, 6) is 0.589. The molecule has 1 amide bonds. The number of carbonyl (C=O) groups is 1. The molecule has 0 aliphatic rings. The van der Waals surface area contributed by atoms with Crippen molar-refractivity contribution in [2.75, 3.05) is 27.3 Å². The Balaban J connectivity index is 3.94. The molecule has 0 aromatic heterocycles. The number of rotatable bonds is 6. The molecule has 0 heterocycles. The minimum absolute atomic E-state index is 0.0969. The molecule has 1 unspecified atom stereocenters. The van der Waals surface area contributed by atoms with Gasteiger partial charge >= 0.3 is 0 Å². The predicted octanol–water partition coefficient (Wildman–Crippen LogP) is 1.37. The van der Waals surface area contributed by atoms with Crippen LogP contribution in [0.2, 0.25) is 0 Å². The van der Waals surface area contributed by atoms with Gasteiger partial charge in [-0.25, -0.2) is 0 Å². The van der Waals surface area contributed by atoms with Gasteiger partial charge in [0.2, 0.25) is 5.91 Å². The molecule has 82 valence electrons. The quantitative estimate of drug-likeness (QED) is 0.391. The molecule has 0 saturated carbocycles. The molecular formula is C11H23N2O+. The number of quaternary nitrogens is 1. The zero-order valence-corrected chi connectivity index (χ0v) is 9.84. The van der Waals surface area contributed by atoms with E-state index in [9.17, 15) is 4.79 Å². The van der Waals surface area contributed by atoms with Crippen LogP contribution in [-0.4, -0.2) is 37.7 Å². The summed E-state index contributed by atoms with van der Waals surface area (Å²) in [4.78, 5) is 11.0. The first kappa shape index (κ1) is 13.2. The third-order valence-electron chi connectivity index (χ3n) is 2.37. The summed E-state index contributed by atoms with van der Waals surface area (Å²) in [6.07, 6.45) is 2.49. The van der Waals surface area contributed by atoms with Crippen molar-refractivity contribution in [2.24, 2.45) is 5.92 Å². The molecule has 1 atom stereocenters. The van der Waals surface area contributed by atoms with Crippen LogP contribution in [0.3, 0.4) is 0 Å². The zero-order chi connectivity index (χ0) is 11.2. The van der Waals surface area contributed by atoms with Gasteiger partial charge in [-0.2, -0.15) is 0 Å². The van der Waals surface area contributed by atoms with Crippen molar-refractivity contribution >= 4 is 5.91 Å². The number of nitrogens with zero attached hydrogens (tertiary/aromatic N) is 1. The van der Waals surface area contributed by atoms with Crippen LogP contribution in [-0.2, 0) is 4.79 Å². The lowest BCUT2D eigenvalue weighted by Crippen LogP contribution is -2.50. The summed E-state index contributed by atoms with van der Waals surface area (Å²) in [6, 6.07) is 0. The molecule has 0 aliphatic carbocycles. The highest BCUT2D eigenvalue weighted by atomic mass is 16.1. The van der Waals surface area contributed by atoms with E-state index in [1.807, 2.05) is 0 Å². The van der Waals surface area contributed by atoms with E-state index in [4.69, 9.17) is 0 Å². The molecule has 0 aromatic carbocycles. The van der Waals surface area contributed by atoms with Gasteiger partial charge < -0.3 is 9.80 Å². The number of hydrogen-bond acceptors (Lipinski definition) is 1. The molecule has 0 aromatic rings. The minimum Gasteiger partial charge on any atom is -0.311 e. The topological polar surface area (TPSA) is 29.1 Å². The summed E-state index contributed by atoms with van der Waals surface area (Å²) in [7, 11) is 4.24. The van der Waals surface area contributed by atoms with Gasteiger partial charge in [0.05, 0.1) is 20.6 Å². The fraction of sp³-hybridized carbons (Fsp3) is 0.727. The van der Waals surface area contributed by atoms with E-state index >= 15 is 0 Å². The second kappa shape index (κ2) is 5.81. The molecule has 0 aliphatic heterocycles. The number of carbonyl (C=O) groups excluding carboxylic acids is 1. The van der Waals surface area contributed by atoms with Crippen molar-refractivity contribution in [1.82, 2.24) is 5.32 Å². The third-order valence-corrected chi connectivity index (χ3v) is 2.37. The Hall–Kier alpha value is -0.830. The normalized spacial score (nSPS) is 13.4. The highest BCUT2D eigenvalue weighted by molar-refractivity contribution is 5.86. The average Bonchev–Trinajstić information content (AvgIpc) is 2.13. The maximum absolute atomic E-state index is 11.0. The monoisotopic (exact) mass is 199 g/mol. The highest BCUT2D eigenvalue weighted by Gasteiger charge is 2.18. The Bertz CT molecular complexity index is 199. The molecule has 0 rings (SSSR count). The van der Waals surface area contributed by atoms with Crippen LogP contribution in [0, 0.1) is 5.92 Å². The van der Waals surface area contributed by atoms with Crippen LogP contribution in [0.15, 0.2) is 12.7 Å². The van der Waals surface area contributed by atoms with E-state index in [1.165, 1.54) is 12.5 Å². The van der Waals surface area contributed by atoms with E-state index in [0.29, 0.717) is 12.6 Å². The van der Waals surface area contributed by atoms with E-state index in [-0.39, 0.29) is 5.91 Å². The fourth-order valence-electron chi connectivity index (χ4n) is 1.40. The van der Waals surface area contributed by atoms with Gasteiger partial charge in [0.1, 0.15) is 0 Å². The first-order valence-electron chi connectivity index (χ1n) is 5.13. The number of amides is 1. The van der Waals surface area contributed by atoms with Crippen LogP contribution in [0.5, 0.6) is 0 Å². The molecule has 0 spiro atoms. The van der Waals surface area contributed by atoms with Crippen LogP contribution in [0.25, 0.3) is 0 Å². The molecule has 0 bridgehead atoms. The van der Waals surface area contributed by atoms with Crippen molar-refractivity contribution in [3.63, 3.8) is 0 Å². The fourth-order valence-corrected chi connectivity index (χ4v) is 1.40. The molecule has 0 fully saturated rings. The van der Waals surface area contributed by atoms with Gasteiger partial charge in [-0.05, 0) is 12.5 Å². The lowest BCUT2D eigenvalue weighted by atomic mass is 10.1. The SMILES string of the molecule is C=CC(=O)NC[N+](C)(C)CC(C)CC.